The number of thioether (sulfide) groups is 1. The van der Waals surface area contributed by atoms with E-state index in [-0.39, 0.29) is 17.7 Å². The average Bonchev–Trinajstić information content (AvgIpc) is 2.67. The van der Waals surface area contributed by atoms with Crippen molar-refractivity contribution in [1.82, 2.24) is 10.2 Å². The van der Waals surface area contributed by atoms with Gasteiger partial charge >= 0.3 is 0 Å². The number of halogens is 2. The van der Waals surface area contributed by atoms with Crippen LogP contribution in [0.2, 0.25) is 10.0 Å². The summed E-state index contributed by atoms with van der Waals surface area (Å²) in [6.45, 7) is 4.23. The molecule has 150 valence electrons. The molecule has 0 radical (unpaired) electrons. The van der Waals surface area contributed by atoms with E-state index in [9.17, 15) is 9.59 Å². The lowest BCUT2D eigenvalue weighted by Crippen LogP contribution is -2.43. The van der Waals surface area contributed by atoms with Gasteiger partial charge in [-0.15, -0.1) is 11.8 Å². The number of hydrogen-bond donors (Lipinski definition) is 1. The van der Waals surface area contributed by atoms with Gasteiger partial charge in [0.2, 0.25) is 11.8 Å². The zero-order valence-corrected chi connectivity index (χ0v) is 18.1. The van der Waals surface area contributed by atoms with E-state index in [0.29, 0.717) is 34.6 Å². The highest BCUT2D eigenvalue weighted by Crippen LogP contribution is 2.25. The number of nitrogens with zero attached hydrogens (tertiary/aromatic N) is 1. The summed E-state index contributed by atoms with van der Waals surface area (Å²) in [4.78, 5) is 26.5. The molecule has 1 saturated heterocycles. The van der Waals surface area contributed by atoms with Gasteiger partial charge in [0.1, 0.15) is 0 Å². The van der Waals surface area contributed by atoms with Gasteiger partial charge in [-0.05, 0) is 37.0 Å². The number of hydrogen-bond acceptors (Lipinski definition) is 3. The Morgan fingerprint density at radius 3 is 2.63 bits per heavy atom. The maximum absolute atomic E-state index is 12.4. The van der Waals surface area contributed by atoms with Crippen LogP contribution in [0.1, 0.15) is 44.6 Å². The predicted molar refractivity (Wildman–Crippen MR) is 114 cm³/mol. The van der Waals surface area contributed by atoms with Crippen LogP contribution in [0.15, 0.2) is 18.2 Å². The fourth-order valence-electron chi connectivity index (χ4n) is 3.10. The molecule has 1 N–H and O–H groups in total. The van der Waals surface area contributed by atoms with E-state index in [1.54, 1.807) is 17.8 Å². The van der Waals surface area contributed by atoms with Crippen LogP contribution >= 0.6 is 35.0 Å². The molecule has 0 spiro atoms. The number of piperidine rings is 1. The number of benzene rings is 1. The van der Waals surface area contributed by atoms with E-state index < -0.39 is 0 Å². The van der Waals surface area contributed by atoms with Gasteiger partial charge in [-0.2, -0.15) is 0 Å². The first-order chi connectivity index (χ1) is 13.0. The molecule has 0 aromatic heterocycles. The van der Waals surface area contributed by atoms with Crippen LogP contribution in [-0.2, 0) is 15.3 Å². The molecule has 27 heavy (non-hydrogen) atoms. The minimum Gasteiger partial charge on any atom is -0.356 e. The maximum atomic E-state index is 12.4. The summed E-state index contributed by atoms with van der Waals surface area (Å²) in [5, 5.41) is 4.27. The van der Waals surface area contributed by atoms with Crippen molar-refractivity contribution in [1.29, 1.82) is 0 Å². The lowest BCUT2D eigenvalue weighted by atomic mass is 9.96. The number of unbranched alkanes of at least 4 members (excludes halogenated alkanes) is 2. The monoisotopic (exact) mass is 430 g/mol. The normalized spacial score (nSPS) is 15.0. The number of nitrogens with one attached hydrogen (secondary N) is 1. The van der Waals surface area contributed by atoms with Crippen LogP contribution in [-0.4, -0.2) is 42.1 Å². The van der Waals surface area contributed by atoms with Crippen molar-refractivity contribution in [3.63, 3.8) is 0 Å². The molecule has 1 heterocycles. The van der Waals surface area contributed by atoms with Crippen molar-refractivity contribution in [3.8, 4) is 0 Å². The van der Waals surface area contributed by atoms with Gasteiger partial charge < -0.3 is 10.2 Å². The molecule has 0 bridgehead atoms. The Kier molecular flexibility index (Phi) is 9.80. The van der Waals surface area contributed by atoms with Crippen LogP contribution in [0.5, 0.6) is 0 Å². The second kappa shape index (κ2) is 11.8. The number of amides is 2. The second-order valence-corrected chi connectivity index (χ2v) is 8.71. The number of likely N-dealkylation sites (tertiary alicyclic amines) is 1. The molecule has 2 amide bonds. The van der Waals surface area contributed by atoms with Gasteiger partial charge in [0.05, 0.1) is 5.75 Å². The highest BCUT2D eigenvalue weighted by molar-refractivity contribution is 7.99. The predicted octanol–water partition coefficient (Wildman–Crippen LogP) is 4.77. The SMILES string of the molecule is CCCCCNC(=O)C1CCN(C(=O)CSCc2ccc(Cl)cc2Cl)CC1. The van der Waals surface area contributed by atoms with Gasteiger partial charge in [0.25, 0.3) is 0 Å². The fraction of sp³-hybridized carbons (Fsp3) is 0.600. The largest absolute Gasteiger partial charge is 0.356 e. The van der Waals surface area contributed by atoms with E-state index in [0.717, 1.165) is 44.2 Å². The molecule has 1 aromatic rings. The Hall–Kier alpha value is -0.910. The van der Waals surface area contributed by atoms with Gasteiger partial charge in [0.15, 0.2) is 0 Å². The lowest BCUT2D eigenvalue weighted by molar-refractivity contribution is -0.133. The van der Waals surface area contributed by atoms with Crippen LogP contribution in [0.4, 0.5) is 0 Å². The lowest BCUT2D eigenvalue weighted by Gasteiger charge is -2.31. The molecule has 0 atom stereocenters. The molecule has 0 unspecified atom stereocenters. The fourth-order valence-corrected chi connectivity index (χ4v) is 4.59. The van der Waals surface area contributed by atoms with E-state index in [1.807, 2.05) is 17.0 Å². The number of rotatable bonds is 9. The minimum atomic E-state index is 0.0382. The first-order valence-corrected chi connectivity index (χ1v) is 11.5. The Labute approximate surface area is 176 Å². The van der Waals surface area contributed by atoms with Gasteiger partial charge in [-0.3, -0.25) is 9.59 Å². The van der Waals surface area contributed by atoms with Gasteiger partial charge in [-0.1, -0.05) is 49.0 Å². The standard InChI is InChI=1S/C20H28Cl2N2O2S/c1-2-3-4-9-23-20(26)15-7-10-24(11-8-15)19(25)14-27-13-16-5-6-17(21)12-18(16)22/h5-6,12,15H,2-4,7-11,13-14H2,1H3,(H,23,26). The summed E-state index contributed by atoms with van der Waals surface area (Å²) in [5.41, 5.74) is 0.984. The van der Waals surface area contributed by atoms with E-state index in [4.69, 9.17) is 23.2 Å². The first-order valence-electron chi connectivity index (χ1n) is 9.58. The van der Waals surface area contributed by atoms with Crippen molar-refractivity contribution < 1.29 is 9.59 Å². The summed E-state index contributed by atoms with van der Waals surface area (Å²) in [7, 11) is 0. The third kappa shape index (κ3) is 7.55. The van der Waals surface area contributed by atoms with Crippen molar-refractivity contribution in [2.45, 2.75) is 44.8 Å². The van der Waals surface area contributed by atoms with E-state index in [2.05, 4.69) is 12.2 Å². The smallest absolute Gasteiger partial charge is 0.232 e. The maximum Gasteiger partial charge on any atom is 0.232 e. The zero-order valence-electron chi connectivity index (χ0n) is 15.8. The van der Waals surface area contributed by atoms with Crippen molar-refractivity contribution in [3.05, 3.63) is 33.8 Å². The first kappa shape index (κ1) is 22.4. The molecule has 0 aliphatic carbocycles. The van der Waals surface area contributed by atoms with Crippen LogP contribution < -0.4 is 5.32 Å². The van der Waals surface area contributed by atoms with Crippen molar-refractivity contribution >= 4 is 46.8 Å². The molecule has 4 nitrogen and oxygen atoms in total. The Morgan fingerprint density at radius 1 is 1.22 bits per heavy atom. The summed E-state index contributed by atoms with van der Waals surface area (Å²) in [6, 6.07) is 5.43. The average molecular weight is 431 g/mol. The highest BCUT2D eigenvalue weighted by atomic mass is 35.5. The number of carbonyl (C=O) groups is 2. The summed E-state index contributed by atoms with van der Waals surface area (Å²) >= 11 is 13.6. The Balaban J connectivity index is 1.66. The van der Waals surface area contributed by atoms with Crippen LogP contribution in [0.3, 0.4) is 0 Å². The molecule has 1 aromatic carbocycles. The minimum absolute atomic E-state index is 0.0382. The summed E-state index contributed by atoms with van der Waals surface area (Å²) in [6.07, 6.45) is 4.83. The van der Waals surface area contributed by atoms with Crippen LogP contribution in [0, 0.1) is 5.92 Å². The number of carbonyl (C=O) groups excluding carboxylic acids is 2. The topological polar surface area (TPSA) is 49.4 Å². The Morgan fingerprint density at radius 2 is 1.96 bits per heavy atom. The highest BCUT2D eigenvalue weighted by Gasteiger charge is 2.26. The third-order valence-electron chi connectivity index (χ3n) is 4.80. The third-order valence-corrected chi connectivity index (χ3v) is 6.35. The molecule has 1 aliphatic rings. The molecular weight excluding hydrogens is 403 g/mol. The quantitative estimate of drug-likeness (QED) is 0.573. The van der Waals surface area contributed by atoms with E-state index >= 15 is 0 Å². The molecule has 0 saturated carbocycles. The van der Waals surface area contributed by atoms with E-state index in [1.165, 1.54) is 0 Å². The van der Waals surface area contributed by atoms with Gasteiger partial charge in [0, 0.05) is 41.4 Å². The second-order valence-electron chi connectivity index (χ2n) is 6.88. The van der Waals surface area contributed by atoms with Crippen molar-refractivity contribution in [2.24, 2.45) is 5.92 Å². The molecule has 1 fully saturated rings. The summed E-state index contributed by atoms with van der Waals surface area (Å²) in [5.74, 6) is 1.42. The molecule has 7 heteroatoms. The zero-order chi connectivity index (χ0) is 19.6. The van der Waals surface area contributed by atoms with Crippen LogP contribution in [0.25, 0.3) is 0 Å². The molecule has 1 aliphatic heterocycles. The van der Waals surface area contributed by atoms with Crippen molar-refractivity contribution in [2.75, 3.05) is 25.4 Å². The molecular formula is C20H28Cl2N2O2S. The summed E-state index contributed by atoms with van der Waals surface area (Å²) < 4.78 is 0. The Bertz CT molecular complexity index is 634. The van der Waals surface area contributed by atoms with Gasteiger partial charge in [-0.25, -0.2) is 0 Å². The molecule has 2 rings (SSSR count).